The van der Waals surface area contributed by atoms with Crippen LogP contribution in [0.4, 0.5) is 5.69 Å². The second-order valence-electron chi connectivity index (χ2n) is 9.73. The van der Waals surface area contributed by atoms with Crippen molar-refractivity contribution in [2.75, 3.05) is 11.1 Å². The van der Waals surface area contributed by atoms with Crippen molar-refractivity contribution in [3.05, 3.63) is 116 Å². The number of nitrogens with zero attached hydrogens (tertiary/aromatic N) is 1. The van der Waals surface area contributed by atoms with Gasteiger partial charge in [-0.1, -0.05) is 71.9 Å². The van der Waals surface area contributed by atoms with Crippen LogP contribution in [0.3, 0.4) is 0 Å². The molecular formula is C32H28ClN3O3S. The Bertz CT molecular complexity index is 1540. The molecule has 3 aromatic carbocycles. The Hall–Kier alpha value is -3.99. The number of amides is 1. The van der Waals surface area contributed by atoms with Gasteiger partial charge in [0.15, 0.2) is 5.78 Å². The number of halogens is 1. The average Bonchev–Trinajstić information content (AvgIpc) is 2.97. The van der Waals surface area contributed by atoms with E-state index in [-0.39, 0.29) is 17.4 Å². The number of allylic oxidation sites excluding steroid dienone is 3. The fourth-order valence-electron chi connectivity index (χ4n) is 4.87. The van der Waals surface area contributed by atoms with E-state index in [2.05, 4.69) is 16.7 Å². The highest BCUT2D eigenvalue weighted by atomic mass is 35.5. The normalized spacial score (nSPS) is 16.6. The van der Waals surface area contributed by atoms with E-state index < -0.39 is 5.92 Å². The van der Waals surface area contributed by atoms with Gasteiger partial charge in [-0.05, 0) is 60.7 Å². The molecule has 1 amide bonds. The summed E-state index contributed by atoms with van der Waals surface area (Å²) in [6.45, 7) is 2.34. The van der Waals surface area contributed by atoms with Crippen LogP contribution in [0, 0.1) is 18.3 Å². The van der Waals surface area contributed by atoms with E-state index in [1.54, 1.807) is 12.1 Å². The third-order valence-electron chi connectivity index (χ3n) is 6.93. The van der Waals surface area contributed by atoms with Crippen LogP contribution < -0.4 is 15.4 Å². The fourth-order valence-corrected chi connectivity index (χ4v) is 5.92. The molecule has 1 heterocycles. The highest BCUT2D eigenvalue weighted by Crippen LogP contribution is 2.44. The summed E-state index contributed by atoms with van der Waals surface area (Å²) in [5, 5.41) is 17.6. The number of ether oxygens (including phenoxy) is 1. The second kappa shape index (κ2) is 12.5. The van der Waals surface area contributed by atoms with Crippen molar-refractivity contribution in [2.24, 2.45) is 0 Å². The van der Waals surface area contributed by atoms with E-state index in [1.807, 2.05) is 67.6 Å². The van der Waals surface area contributed by atoms with E-state index in [4.69, 9.17) is 16.3 Å². The van der Waals surface area contributed by atoms with Crippen molar-refractivity contribution in [1.82, 2.24) is 5.32 Å². The van der Waals surface area contributed by atoms with Gasteiger partial charge in [-0.15, -0.1) is 0 Å². The minimum absolute atomic E-state index is 0.0500. The number of Topliss-reactive ketones (excluding diaryl/α,β-unsaturated/α-hetero) is 1. The molecule has 0 bridgehead atoms. The van der Waals surface area contributed by atoms with Crippen molar-refractivity contribution in [3.8, 4) is 11.8 Å². The predicted molar refractivity (Wildman–Crippen MR) is 159 cm³/mol. The van der Waals surface area contributed by atoms with Crippen molar-refractivity contribution in [1.29, 1.82) is 5.26 Å². The Kier molecular flexibility index (Phi) is 8.59. The summed E-state index contributed by atoms with van der Waals surface area (Å²) in [6.07, 6.45) is 1.92. The molecule has 0 aromatic heterocycles. The number of nitrogens with one attached hydrogen (secondary N) is 2. The van der Waals surface area contributed by atoms with E-state index in [9.17, 15) is 14.9 Å². The molecule has 0 fully saturated rings. The number of nitriles is 1. The number of anilines is 1. The fraction of sp³-hybridized carbons (Fsp3) is 0.219. The third kappa shape index (κ3) is 6.25. The van der Waals surface area contributed by atoms with E-state index in [1.165, 1.54) is 11.8 Å². The number of aryl methyl sites for hydroxylation is 1. The van der Waals surface area contributed by atoms with Gasteiger partial charge in [0.05, 0.1) is 28.3 Å². The monoisotopic (exact) mass is 569 g/mol. The first kappa shape index (κ1) is 27.6. The van der Waals surface area contributed by atoms with Gasteiger partial charge in [0.2, 0.25) is 5.91 Å². The molecule has 8 heteroatoms. The van der Waals surface area contributed by atoms with Gasteiger partial charge >= 0.3 is 0 Å². The van der Waals surface area contributed by atoms with Crippen molar-refractivity contribution >= 4 is 40.7 Å². The summed E-state index contributed by atoms with van der Waals surface area (Å²) in [6, 6.07) is 25.2. The number of ketones is 1. The zero-order chi connectivity index (χ0) is 28.1. The standard InChI is InChI=1S/C32H28ClN3O3S/c1-20-10-13-23(16-26(20)33)35-29(38)19-40-32-25(17-34)30(31-27(36-32)8-5-9-28(31)37)22-11-14-24(15-12-22)39-18-21-6-3-2-4-7-21/h2-4,6-7,10-16,30,36H,5,8-9,18-19H2,1H3,(H,35,38). The minimum atomic E-state index is -0.501. The lowest BCUT2D eigenvalue weighted by Crippen LogP contribution is -2.31. The van der Waals surface area contributed by atoms with Gasteiger partial charge < -0.3 is 15.4 Å². The van der Waals surface area contributed by atoms with Crippen LogP contribution in [0.25, 0.3) is 0 Å². The Balaban J connectivity index is 1.36. The second-order valence-corrected chi connectivity index (χ2v) is 11.1. The van der Waals surface area contributed by atoms with E-state index >= 15 is 0 Å². The summed E-state index contributed by atoms with van der Waals surface area (Å²) in [4.78, 5) is 25.8. The molecule has 1 unspecified atom stereocenters. The largest absolute Gasteiger partial charge is 0.489 e. The average molecular weight is 570 g/mol. The molecule has 40 heavy (non-hydrogen) atoms. The molecule has 6 nitrogen and oxygen atoms in total. The minimum Gasteiger partial charge on any atom is -0.489 e. The third-order valence-corrected chi connectivity index (χ3v) is 8.35. The lowest BCUT2D eigenvalue weighted by Gasteiger charge is -2.33. The number of thioether (sulfide) groups is 1. The first-order valence-corrected chi connectivity index (χ1v) is 14.4. The van der Waals surface area contributed by atoms with Crippen molar-refractivity contribution in [2.45, 2.75) is 38.7 Å². The number of hydrogen-bond acceptors (Lipinski definition) is 6. The zero-order valence-electron chi connectivity index (χ0n) is 22.0. The molecule has 0 saturated heterocycles. The first-order valence-electron chi connectivity index (χ1n) is 13.1. The molecule has 5 rings (SSSR count). The summed E-state index contributed by atoms with van der Waals surface area (Å²) in [5.74, 6) is 0.130. The predicted octanol–water partition coefficient (Wildman–Crippen LogP) is 7.03. The maximum Gasteiger partial charge on any atom is 0.234 e. The number of dihydropyridines is 1. The molecule has 1 aliphatic carbocycles. The van der Waals surface area contributed by atoms with Gasteiger partial charge in [0.25, 0.3) is 0 Å². The molecule has 0 radical (unpaired) electrons. The number of rotatable bonds is 8. The van der Waals surface area contributed by atoms with Crippen molar-refractivity contribution in [3.63, 3.8) is 0 Å². The Morgan fingerprint density at radius 3 is 2.62 bits per heavy atom. The summed E-state index contributed by atoms with van der Waals surface area (Å²) in [7, 11) is 0. The molecule has 0 saturated carbocycles. The van der Waals surface area contributed by atoms with Crippen LogP contribution in [-0.2, 0) is 16.2 Å². The van der Waals surface area contributed by atoms with Gasteiger partial charge in [0.1, 0.15) is 12.4 Å². The number of hydrogen-bond donors (Lipinski definition) is 2. The first-order chi connectivity index (χ1) is 19.4. The summed E-state index contributed by atoms with van der Waals surface area (Å²) < 4.78 is 5.94. The van der Waals surface area contributed by atoms with Crippen LogP contribution in [0.5, 0.6) is 5.75 Å². The van der Waals surface area contributed by atoms with Crippen LogP contribution in [0.2, 0.25) is 5.02 Å². The molecule has 2 aliphatic rings. The molecule has 2 N–H and O–H groups in total. The lowest BCUT2D eigenvalue weighted by molar-refractivity contribution is -0.116. The molecule has 202 valence electrons. The highest BCUT2D eigenvalue weighted by molar-refractivity contribution is 8.03. The van der Waals surface area contributed by atoms with Crippen molar-refractivity contribution < 1.29 is 14.3 Å². The smallest absolute Gasteiger partial charge is 0.234 e. The molecule has 1 atom stereocenters. The molecule has 1 aliphatic heterocycles. The number of carbonyl (C=O) groups excluding carboxylic acids is 2. The molecule has 0 spiro atoms. The number of benzene rings is 3. The Labute approximate surface area is 243 Å². The highest BCUT2D eigenvalue weighted by Gasteiger charge is 2.37. The van der Waals surface area contributed by atoms with Crippen LogP contribution in [0.1, 0.15) is 41.9 Å². The Morgan fingerprint density at radius 1 is 1.12 bits per heavy atom. The van der Waals surface area contributed by atoms with E-state index in [0.29, 0.717) is 52.1 Å². The lowest BCUT2D eigenvalue weighted by atomic mass is 9.77. The Morgan fingerprint density at radius 2 is 1.90 bits per heavy atom. The topological polar surface area (TPSA) is 91.2 Å². The van der Waals surface area contributed by atoms with Gasteiger partial charge in [0, 0.05) is 28.4 Å². The summed E-state index contributed by atoms with van der Waals surface area (Å²) in [5.41, 5.74) is 5.35. The molecular weight excluding hydrogens is 542 g/mol. The van der Waals surface area contributed by atoms with Crippen LogP contribution in [-0.4, -0.2) is 17.4 Å². The van der Waals surface area contributed by atoms with Gasteiger partial charge in [-0.3, -0.25) is 9.59 Å². The molecule has 3 aromatic rings. The van der Waals surface area contributed by atoms with Crippen LogP contribution in [0.15, 0.2) is 94.7 Å². The SMILES string of the molecule is Cc1ccc(NC(=O)CSC2=C(C#N)C(c3ccc(OCc4ccccc4)cc3)C3=C(CCCC3=O)N2)cc1Cl. The maximum atomic E-state index is 13.1. The number of carbonyl (C=O) groups is 2. The van der Waals surface area contributed by atoms with Gasteiger partial charge in [-0.2, -0.15) is 5.26 Å². The quantitative estimate of drug-likeness (QED) is 0.303. The summed E-state index contributed by atoms with van der Waals surface area (Å²) >= 11 is 7.45. The van der Waals surface area contributed by atoms with Crippen LogP contribution >= 0.6 is 23.4 Å². The maximum absolute atomic E-state index is 13.1. The zero-order valence-corrected chi connectivity index (χ0v) is 23.6. The van der Waals surface area contributed by atoms with E-state index in [0.717, 1.165) is 28.8 Å². The van der Waals surface area contributed by atoms with Gasteiger partial charge in [-0.25, -0.2) is 0 Å².